The first-order valence-electron chi connectivity index (χ1n) is 8.78. The van der Waals surface area contributed by atoms with Gasteiger partial charge in [-0.15, -0.1) is 0 Å². The summed E-state index contributed by atoms with van der Waals surface area (Å²) in [5.41, 5.74) is 9.54. The number of nitrogens with two attached hydrogens (primary N) is 1. The van der Waals surface area contributed by atoms with Crippen molar-refractivity contribution >= 4 is 27.9 Å². The standard InChI is InChI=1S/C18H21FN4OS/c1-24-17-15-11(5-14(19)16(17)22-8-10(6-20)9-22)4-12-7-21-25-18(12)23(15)13-2-3-13/h5,7,10,13H,2-4,6,8-9,20H2,1H3. The Labute approximate surface area is 150 Å². The van der Waals surface area contributed by atoms with E-state index in [1.54, 1.807) is 13.2 Å². The normalized spacial score (nSPS) is 19.5. The molecular formula is C18H21FN4OS. The second kappa shape index (κ2) is 5.57. The minimum atomic E-state index is -0.201. The first-order valence-corrected chi connectivity index (χ1v) is 9.55. The number of methoxy groups -OCH3 is 1. The zero-order valence-corrected chi connectivity index (χ0v) is 15.0. The lowest BCUT2D eigenvalue weighted by molar-refractivity contribution is 0.384. The predicted octanol–water partition coefficient (Wildman–Crippen LogP) is 2.89. The van der Waals surface area contributed by atoms with Gasteiger partial charge in [0.15, 0.2) is 11.6 Å². The number of hydrogen-bond donors (Lipinski definition) is 1. The molecule has 0 unspecified atom stereocenters. The minimum absolute atomic E-state index is 0.201. The van der Waals surface area contributed by atoms with Gasteiger partial charge in [-0.1, -0.05) is 0 Å². The van der Waals surface area contributed by atoms with Crippen molar-refractivity contribution in [3.63, 3.8) is 0 Å². The zero-order chi connectivity index (χ0) is 17.1. The molecule has 132 valence electrons. The molecule has 3 aliphatic rings. The van der Waals surface area contributed by atoms with E-state index in [1.165, 1.54) is 22.1 Å². The predicted molar refractivity (Wildman–Crippen MR) is 97.8 cm³/mol. The van der Waals surface area contributed by atoms with Crippen LogP contribution in [0.3, 0.4) is 0 Å². The highest BCUT2D eigenvalue weighted by Gasteiger charge is 2.41. The molecule has 1 saturated heterocycles. The van der Waals surface area contributed by atoms with Gasteiger partial charge in [-0.05, 0) is 42.5 Å². The molecular weight excluding hydrogens is 339 g/mol. The average molecular weight is 360 g/mol. The first kappa shape index (κ1) is 15.4. The van der Waals surface area contributed by atoms with Crippen LogP contribution in [0.1, 0.15) is 24.0 Å². The highest BCUT2D eigenvalue weighted by molar-refractivity contribution is 7.10. The van der Waals surface area contributed by atoms with Gasteiger partial charge in [0, 0.05) is 43.2 Å². The topological polar surface area (TPSA) is 54.6 Å². The maximum atomic E-state index is 15.0. The molecule has 2 aromatic rings. The van der Waals surface area contributed by atoms with Crippen molar-refractivity contribution in [1.29, 1.82) is 0 Å². The number of halogens is 1. The lowest BCUT2D eigenvalue weighted by Crippen LogP contribution is -2.50. The number of ether oxygens (including phenoxy) is 1. The molecule has 0 radical (unpaired) electrons. The largest absolute Gasteiger partial charge is 0.492 e. The summed E-state index contributed by atoms with van der Waals surface area (Å²) in [5.74, 6) is 0.901. The highest BCUT2D eigenvalue weighted by atomic mass is 32.1. The molecule has 5 rings (SSSR count). The molecule has 2 fully saturated rings. The molecule has 0 spiro atoms. The summed E-state index contributed by atoms with van der Waals surface area (Å²) < 4.78 is 25.1. The number of hydrogen-bond acceptors (Lipinski definition) is 6. The molecule has 25 heavy (non-hydrogen) atoms. The van der Waals surface area contributed by atoms with Gasteiger partial charge in [-0.25, -0.2) is 4.39 Å². The number of aromatic nitrogens is 1. The summed E-state index contributed by atoms with van der Waals surface area (Å²) >= 11 is 1.52. The lowest BCUT2D eigenvalue weighted by Gasteiger charge is -2.42. The fourth-order valence-corrected chi connectivity index (χ4v) is 4.86. The maximum absolute atomic E-state index is 15.0. The van der Waals surface area contributed by atoms with Gasteiger partial charge in [0.05, 0.1) is 12.8 Å². The number of fused-ring (bicyclic) bond motifs is 2. The summed E-state index contributed by atoms with van der Waals surface area (Å²) in [6, 6.07) is 2.16. The SMILES string of the molecule is COc1c(N2CC(CN)C2)c(F)cc2c1N(C1CC1)c1sncc1C2. The Morgan fingerprint density at radius 1 is 1.32 bits per heavy atom. The number of benzene rings is 1. The zero-order valence-electron chi connectivity index (χ0n) is 14.2. The summed E-state index contributed by atoms with van der Waals surface area (Å²) in [5, 5.41) is 1.19. The van der Waals surface area contributed by atoms with Crippen molar-refractivity contribution in [2.45, 2.75) is 25.3 Å². The number of rotatable bonds is 4. The van der Waals surface area contributed by atoms with Crippen LogP contribution in [-0.4, -0.2) is 37.2 Å². The van der Waals surface area contributed by atoms with Crippen LogP contribution < -0.4 is 20.3 Å². The Morgan fingerprint density at radius 3 is 2.80 bits per heavy atom. The third kappa shape index (κ3) is 2.25. The molecule has 1 aromatic heterocycles. The van der Waals surface area contributed by atoms with Crippen LogP contribution in [0, 0.1) is 11.7 Å². The van der Waals surface area contributed by atoms with Crippen molar-refractivity contribution in [2.75, 3.05) is 36.5 Å². The van der Waals surface area contributed by atoms with Gasteiger partial charge in [-0.3, -0.25) is 0 Å². The van der Waals surface area contributed by atoms with E-state index in [4.69, 9.17) is 10.5 Å². The monoisotopic (exact) mass is 360 g/mol. The van der Waals surface area contributed by atoms with E-state index >= 15 is 0 Å². The third-order valence-corrected chi connectivity index (χ3v) is 6.29. The quantitative estimate of drug-likeness (QED) is 0.909. The van der Waals surface area contributed by atoms with Crippen LogP contribution >= 0.6 is 11.5 Å². The maximum Gasteiger partial charge on any atom is 0.169 e. The molecule has 1 aliphatic carbocycles. The Balaban J connectivity index is 1.65. The van der Waals surface area contributed by atoms with Crippen LogP contribution in [0.25, 0.3) is 0 Å². The second-order valence-corrected chi connectivity index (χ2v) is 7.97. The van der Waals surface area contributed by atoms with Crippen molar-refractivity contribution in [3.05, 3.63) is 29.2 Å². The Kier molecular flexibility index (Phi) is 3.43. The smallest absolute Gasteiger partial charge is 0.169 e. The molecule has 2 aliphatic heterocycles. The van der Waals surface area contributed by atoms with Crippen molar-refractivity contribution < 1.29 is 9.13 Å². The number of nitrogens with zero attached hydrogens (tertiary/aromatic N) is 3. The van der Waals surface area contributed by atoms with E-state index in [-0.39, 0.29) is 5.82 Å². The Bertz CT molecular complexity index is 829. The van der Waals surface area contributed by atoms with Gasteiger partial charge in [0.2, 0.25) is 0 Å². The lowest BCUT2D eigenvalue weighted by atomic mass is 9.95. The van der Waals surface area contributed by atoms with E-state index in [9.17, 15) is 4.39 Å². The van der Waals surface area contributed by atoms with Crippen LogP contribution in [0.15, 0.2) is 12.3 Å². The summed E-state index contributed by atoms with van der Waals surface area (Å²) in [6.07, 6.45) is 4.94. The molecule has 1 saturated carbocycles. The molecule has 3 heterocycles. The molecule has 7 heteroatoms. The van der Waals surface area contributed by atoms with E-state index < -0.39 is 0 Å². The minimum Gasteiger partial charge on any atom is -0.492 e. The van der Waals surface area contributed by atoms with Crippen molar-refractivity contribution in [2.24, 2.45) is 11.7 Å². The number of anilines is 3. The van der Waals surface area contributed by atoms with Crippen molar-refractivity contribution in [1.82, 2.24) is 4.37 Å². The summed E-state index contributed by atoms with van der Waals surface area (Å²) in [6.45, 7) is 2.22. The Hall–Kier alpha value is -1.86. The van der Waals surface area contributed by atoms with E-state index in [1.807, 2.05) is 6.20 Å². The van der Waals surface area contributed by atoms with Gasteiger partial charge >= 0.3 is 0 Å². The first-order chi connectivity index (χ1) is 12.2. The Morgan fingerprint density at radius 2 is 2.12 bits per heavy atom. The van der Waals surface area contributed by atoms with Gasteiger partial charge in [-0.2, -0.15) is 4.37 Å². The van der Waals surface area contributed by atoms with Gasteiger partial charge in [0.1, 0.15) is 10.7 Å². The summed E-state index contributed by atoms with van der Waals surface area (Å²) in [4.78, 5) is 4.40. The average Bonchev–Trinajstić information content (AvgIpc) is 3.29. The second-order valence-electron chi connectivity index (χ2n) is 7.19. The van der Waals surface area contributed by atoms with E-state index in [0.717, 1.165) is 37.2 Å². The molecule has 1 aromatic carbocycles. The fraction of sp³-hybridized carbons (Fsp3) is 0.500. The van der Waals surface area contributed by atoms with E-state index in [0.29, 0.717) is 36.4 Å². The van der Waals surface area contributed by atoms with Crippen LogP contribution in [0.5, 0.6) is 5.75 Å². The molecule has 0 bridgehead atoms. The van der Waals surface area contributed by atoms with Crippen molar-refractivity contribution in [3.8, 4) is 5.75 Å². The molecule has 0 atom stereocenters. The van der Waals surface area contributed by atoms with E-state index in [2.05, 4.69) is 14.2 Å². The fourth-order valence-electron chi connectivity index (χ4n) is 4.01. The molecule has 0 amide bonds. The van der Waals surface area contributed by atoms with Gasteiger partial charge in [0.25, 0.3) is 0 Å². The molecule has 5 nitrogen and oxygen atoms in total. The highest BCUT2D eigenvalue weighted by Crippen LogP contribution is 2.54. The van der Waals surface area contributed by atoms with Gasteiger partial charge < -0.3 is 20.3 Å². The van der Waals surface area contributed by atoms with Crippen LogP contribution in [-0.2, 0) is 6.42 Å². The third-order valence-electron chi connectivity index (χ3n) is 5.45. The van der Waals surface area contributed by atoms with Crippen LogP contribution in [0.4, 0.5) is 20.8 Å². The summed E-state index contributed by atoms with van der Waals surface area (Å²) in [7, 11) is 1.64. The molecule has 2 N–H and O–H groups in total. The van der Waals surface area contributed by atoms with Crippen LogP contribution in [0.2, 0.25) is 0 Å².